The van der Waals surface area contributed by atoms with Gasteiger partial charge in [-0.2, -0.15) is 0 Å². The van der Waals surface area contributed by atoms with E-state index in [1.54, 1.807) is 36.2 Å². The molecule has 2 N–H and O–H groups in total. The Balaban J connectivity index is 1.48. The molecule has 224 valence electrons. The molecular formula is C32H36Cl2FN3O4. The quantitative estimate of drug-likeness (QED) is 0.414. The standard InChI is InChI=1S/C32H36Cl2FN3O4/c1-38(20-12-9-18(10-13-20)29(40)42-2)28(39)27-25(21-7-6-8-23(34)26(21)35)32(31(37-27)15-4-3-5-16-31)22-14-11-19(33)17-24(22)36-30(32)41/h6-8,11,14,17-18,20,25,27,37H,3-5,9-10,12-13,15-16H2,1-2H3,(H,36,41)/t18?,20?,25?,27-,32?/m1/s1. The zero-order valence-corrected chi connectivity index (χ0v) is 25.4. The average Bonchev–Trinajstić information content (AvgIpc) is 3.45. The van der Waals surface area contributed by atoms with E-state index in [0.717, 1.165) is 24.8 Å². The summed E-state index contributed by atoms with van der Waals surface area (Å²) in [6.45, 7) is 0. The molecule has 2 spiro atoms. The molecule has 0 radical (unpaired) electrons. The van der Waals surface area contributed by atoms with Crippen molar-refractivity contribution in [1.29, 1.82) is 0 Å². The van der Waals surface area contributed by atoms with Crippen molar-refractivity contribution in [2.45, 2.75) is 86.7 Å². The maximum atomic E-state index is 16.1. The molecule has 2 heterocycles. The normalized spacial score (nSPS) is 29.8. The number of esters is 1. The van der Waals surface area contributed by atoms with Crippen molar-refractivity contribution in [3.8, 4) is 0 Å². The third kappa shape index (κ3) is 4.36. The monoisotopic (exact) mass is 615 g/mol. The van der Waals surface area contributed by atoms with Gasteiger partial charge >= 0.3 is 5.97 Å². The lowest BCUT2D eigenvalue weighted by molar-refractivity contribution is -0.147. The third-order valence-electron chi connectivity index (χ3n) is 10.4. The fourth-order valence-corrected chi connectivity index (χ4v) is 8.82. The first-order chi connectivity index (χ1) is 20.1. The van der Waals surface area contributed by atoms with Crippen molar-refractivity contribution in [3.05, 3.63) is 63.4 Å². The summed E-state index contributed by atoms with van der Waals surface area (Å²) in [4.78, 5) is 42.9. The highest BCUT2D eigenvalue weighted by molar-refractivity contribution is 6.31. The molecule has 2 unspecified atom stereocenters. The van der Waals surface area contributed by atoms with Crippen LogP contribution in [0.2, 0.25) is 10.0 Å². The van der Waals surface area contributed by atoms with E-state index in [2.05, 4.69) is 10.6 Å². The van der Waals surface area contributed by atoms with Crippen LogP contribution in [0.5, 0.6) is 0 Å². The molecule has 3 fully saturated rings. The fourth-order valence-electron chi connectivity index (χ4n) is 8.47. The van der Waals surface area contributed by atoms with E-state index in [9.17, 15) is 14.4 Å². The second-order valence-electron chi connectivity index (χ2n) is 12.3. The number of hydrogen-bond donors (Lipinski definition) is 2. The molecule has 2 aliphatic carbocycles. The molecule has 2 saturated carbocycles. The topological polar surface area (TPSA) is 87.7 Å². The number of benzene rings is 2. The molecule has 2 aromatic rings. The lowest BCUT2D eigenvalue weighted by atomic mass is 9.55. The van der Waals surface area contributed by atoms with E-state index in [-0.39, 0.29) is 40.3 Å². The summed E-state index contributed by atoms with van der Waals surface area (Å²) in [7, 11) is 3.17. The van der Waals surface area contributed by atoms with Gasteiger partial charge in [0.15, 0.2) is 0 Å². The number of nitrogens with one attached hydrogen (secondary N) is 2. The molecule has 0 aromatic heterocycles. The summed E-state index contributed by atoms with van der Waals surface area (Å²) in [5, 5.41) is 7.20. The highest BCUT2D eigenvalue weighted by Gasteiger charge is 2.72. The van der Waals surface area contributed by atoms with Gasteiger partial charge in [0.05, 0.1) is 24.1 Å². The number of ether oxygens (including phenoxy) is 1. The van der Waals surface area contributed by atoms with Crippen LogP contribution in [-0.2, 0) is 24.5 Å². The lowest BCUT2D eigenvalue weighted by Gasteiger charge is -2.47. The minimum absolute atomic E-state index is 0.0531. The van der Waals surface area contributed by atoms with Crippen LogP contribution >= 0.6 is 23.2 Å². The molecular weight excluding hydrogens is 580 g/mol. The maximum absolute atomic E-state index is 16.1. The number of carbonyl (C=O) groups excluding carboxylic acids is 3. The van der Waals surface area contributed by atoms with Gasteiger partial charge in [0.1, 0.15) is 11.2 Å². The van der Waals surface area contributed by atoms with E-state index in [0.29, 0.717) is 49.2 Å². The van der Waals surface area contributed by atoms with E-state index in [1.807, 2.05) is 6.07 Å². The van der Waals surface area contributed by atoms with Crippen LogP contribution in [0.25, 0.3) is 0 Å². The van der Waals surface area contributed by atoms with Crippen LogP contribution in [0, 0.1) is 11.7 Å². The number of nitrogens with zero attached hydrogens (tertiary/aromatic N) is 1. The predicted molar refractivity (Wildman–Crippen MR) is 159 cm³/mol. The molecule has 10 heteroatoms. The number of likely N-dealkylation sites (N-methyl/N-ethyl adjacent to an activating group) is 1. The second-order valence-corrected chi connectivity index (χ2v) is 13.2. The molecule has 2 aromatic carbocycles. The Labute approximate surface area is 255 Å². The van der Waals surface area contributed by atoms with Crippen molar-refractivity contribution < 1.29 is 23.5 Å². The van der Waals surface area contributed by atoms with E-state index < -0.39 is 28.7 Å². The van der Waals surface area contributed by atoms with E-state index in [1.165, 1.54) is 13.2 Å². The molecule has 4 aliphatic rings. The highest BCUT2D eigenvalue weighted by atomic mass is 35.5. The Bertz CT molecular complexity index is 1420. The largest absolute Gasteiger partial charge is 0.469 e. The van der Waals surface area contributed by atoms with Crippen molar-refractivity contribution in [1.82, 2.24) is 10.2 Å². The Hall–Kier alpha value is -2.68. The Kier molecular flexibility index (Phi) is 7.77. The molecule has 3 atom stereocenters. The molecule has 2 amide bonds. The summed E-state index contributed by atoms with van der Waals surface area (Å²) < 4.78 is 21.0. The van der Waals surface area contributed by atoms with Gasteiger partial charge in [-0.25, -0.2) is 4.39 Å². The summed E-state index contributed by atoms with van der Waals surface area (Å²) in [5.41, 5.74) is -0.474. The number of hydrogen-bond acceptors (Lipinski definition) is 5. The Morgan fingerprint density at radius 2 is 1.76 bits per heavy atom. The van der Waals surface area contributed by atoms with Crippen LogP contribution < -0.4 is 10.6 Å². The first kappa shape index (κ1) is 29.4. The molecule has 0 bridgehead atoms. The number of halogens is 3. The van der Waals surface area contributed by atoms with E-state index >= 15 is 4.39 Å². The van der Waals surface area contributed by atoms with Gasteiger partial charge in [0.25, 0.3) is 0 Å². The smallest absolute Gasteiger partial charge is 0.308 e. The maximum Gasteiger partial charge on any atom is 0.308 e. The molecule has 2 aliphatic heterocycles. The van der Waals surface area contributed by atoms with Gasteiger partial charge in [-0.1, -0.05) is 60.7 Å². The first-order valence-corrected chi connectivity index (χ1v) is 15.6. The van der Waals surface area contributed by atoms with Crippen molar-refractivity contribution >= 4 is 46.7 Å². The van der Waals surface area contributed by atoms with Gasteiger partial charge in [-0.05, 0) is 67.9 Å². The fraction of sp³-hybridized carbons (Fsp3) is 0.531. The van der Waals surface area contributed by atoms with Gasteiger partial charge < -0.3 is 15.0 Å². The number of carbonyl (C=O) groups is 3. The zero-order valence-electron chi connectivity index (χ0n) is 23.9. The van der Waals surface area contributed by atoms with Gasteiger partial charge in [0.2, 0.25) is 11.8 Å². The molecule has 6 rings (SSSR count). The Morgan fingerprint density at radius 3 is 2.45 bits per heavy atom. The summed E-state index contributed by atoms with van der Waals surface area (Å²) >= 11 is 12.7. The summed E-state index contributed by atoms with van der Waals surface area (Å²) in [6, 6.07) is 9.18. The van der Waals surface area contributed by atoms with Gasteiger partial charge in [-0.15, -0.1) is 0 Å². The first-order valence-electron chi connectivity index (χ1n) is 14.8. The highest BCUT2D eigenvalue weighted by Crippen LogP contribution is 2.63. The molecule has 1 saturated heterocycles. The van der Waals surface area contributed by atoms with Crippen LogP contribution in [0.4, 0.5) is 10.1 Å². The molecule has 7 nitrogen and oxygen atoms in total. The van der Waals surface area contributed by atoms with Crippen LogP contribution in [-0.4, -0.2) is 54.5 Å². The van der Waals surface area contributed by atoms with Crippen LogP contribution in [0.1, 0.15) is 74.8 Å². The van der Waals surface area contributed by atoms with Crippen LogP contribution in [0.3, 0.4) is 0 Å². The predicted octanol–water partition coefficient (Wildman–Crippen LogP) is 5.97. The van der Waals surface area contributed by atoms with Gasteiger partial charge in [-0.3, -0.25) is 19.7 Å². The third-order valence-corrected chi connectivity index (χ3v) is 10.9. The SMILES string of the molecule is COC(=O)C1CCC(N(C)C(=O)[C@@H]2NC3(CCCCC3)C3(C(=O)Nc4cc(Cl)ccc43)C2c2cccc(Cl)c2F)CC1. The Morgan fingerprint density at radius 1 is 1.05 bits per heavy atom. The number of amides is 2. The lowest BCUT2D eigenvalue weighted by Crippen LogP contribution is -2.60. The van der Waals surface area contributed by atoms with Crippen LogP contribution in [0.15, 0.2) is 36.4 Å². The summed E-state index contributed by atoms with van der Waals surface area (Å²) in [5.74, 6) is -2.32. The van der Waals surface area contributed by atoms with Gasteiger partial charge in [0, 0.05) is 35.3 Å². The molecule has 42 heavy (non-hydrogen) atoms. The number of rotatable bonds is 4. The summed E-state index contributed by atoms with van der Waals surface area (Å²) in [6.07, 6.45) is 6.68. The van der Waals surface area contributed by atoms with Crippen molar-refractivity contribution in [2.75, 3.05) is 19.5 Å². The number of fused-ring (bicyclic) bond motifs is 3. The minimum atomic E-state index is -1.26. The van der Waals surface area contributed by atoms with Crippen molar-refractivity contribution in [2.24, 2.45) is 5.92 Å². The van der Waals surface area contributed by atoms with Crippen molar-refractivity contribution in [3.63, 3.8) is 0 Å². The number of anilines is 1. The average molecular weight is 617 g/mol. The second kappa shape index (κ2) is 11.1. The zero-order chi connectivity index (χ0) is 29.8. The minimum Gasteiger partial charge on any atom is -0.469 e. The number of methoxy groups -OCH3 is 1. The van der Waals surface area contributed by atoms with E-state index in [4.69, 9.17) is 27.9 Å².